The van der Waals surface area contributed by atoms with Gasteiger partial charge in [0.05, 0.1) is 26.9 Å². The quantitative estimate of drug-likeness (QED) is 0.597. The fraction of sp³-hybridized carbons (Fsp3) is 0.211. The van der Waals surface area contributed by atoms with Crippen LogP contribution in [0.25, 0.3) is 6.08 Å². The Balaban J connectivity index is 2.45. The second kappa shape index (κ2) is 7.49. The second-order valence-corrected chi connectivity index (χ2v) is 4.95. The standard InChI is InChI=1S/C19H20O4/c1-13(12-14-8-6-5-7-9-14)17(20)15-10-11-16(21-2)19(23-4)18(15)22-3/h5-12H,1-4H3/b13-12+. The molecule has 0 amide bonds. The molecule has 0 radical (unpaired) electrons. The van der Waals surface area contributed by atoms with Crippen LogP contribution in [0.1, 0.15) is 22.8 Å². The molecule has 0 aromatic heterocycles. The normalized spacial score (nSPS) is 11.0. The summed E-state index contributed by atoms with van der Waals surface area (Å²) >= 11 is 0. The third-order valence-corrected chi connectivity index (χ3v) is 3.49. The minimum Gasteiger partial charge on any atom is -0.493 e. The van der Waals surface area contributed by atoms with Crippen LogP contribution in [0.2, 0.25) is 0 Å². The minimum absolute atomic E-state index is 0.119. The van der Waals surface area contributed by atoms with Crippen molar-refractivity contribution in [1.82, 2.24) is 0 Å². The zero-order valence-electron chi connectivity index (χ0n) is 13.8. The zero-order valence-corrected chi connectivity index (χ0v) is 13.8. The minimum atomic E-state index is -0.119. The van der Waals surface area contributed by atoms with Crippen LogP contribution in [0, 0.1) is 0 Å². The van der Waals surface area contributed by atoms with Gasteiger partial charge in [0.15, 0.2) is 17.3 Å². The first-order valence-electron chi connectivity index (χ1n) is 7.19. The van der Waals surface area contributed by atoms with E-state index in [9.17, 15) is 4.79 Å². The molecule has 2 aromatic rings. The van der Waals surface area contributed by atoms with E-state index in [0.29, 0.717) is 28.4 Å². The van der Waals surface area contributed by atoms with Gasteiger partial charge in [-0.2, -0.15) is 0 Å². The number of ether oxygens (including phenoxy) is 3. The molecule has 2 aromatic carbocycles. The van der Waals surface area contributed by atoms with Crippen molar-refractivity contribution in [3.05, 3.63) is 59.2 Å². The molecule has 0 saturated heterocycles. The predicted octanol–water partition coefficient (Wildman–Crippen LogP) is 4.00. The fourth-order valence-electron chi connectivity index (χ4n) is 2.36. The van der Waals surface area contributed by atoms with Gasteiger partial charge in [-0.25, -0.2) is 0 Å². The summed E-state index contributed by atoms with van der Waals surface area (Å²) in [7, 11) is 4.56. The summed E-state index contributed by atoms with van der Waals surface area (Å²) in [4.78, 5) is 12.8. The molecule has 0 unspecified atom stereocenters. The molecule has 0 heterocycles. The van der Waals surface area contributed by atoms with Gasteiger partial charge in [-0.15, -0.1) is 0 Å². The summed E-state index contributed by atoms with van der Waals surface area (Å²) < 4.78 is 15.9. The van der Waals surface area contributed by atoms with Gasteiger partial charge in [-0.1, -0.05) is 30.3 Å². The highest BCUT2D eigenvalue weighted by atomic mass is 16.5. The van der Waals surface area contributed by atoms with Crippen LogP contribution < -0.4 is 14.2 Å². The monoisotopic (exact) mass is 312 g/mol. The van der Waals surface area contributed by atoms with Crippen LogP contribution in [0.4, 0.5) is 0 Å². The highest BCUT2D eigenvalue weighted by molar-refractivity contribution is 6.13. The molecule has 0 fully saturated rings. The Bertz CT molecular complexity index is 718. The Hall–Kier alpha value is -2.75. The maximum absolute atomic E-state index is 12.8. The van der Waals surface area contributed by atoms with Gasteiger partial charge < -0.3 is 14.2 Å². The number of hydrogen-bond acceptors (Lipinski definition) is 4. The summed E-state index contributed by atoms with van der Waals surface area (Å²) in [6.45, 7) is 1.78. The third kappa shape index (κ3) is 3.54. The van der Waals surface area contributed by atoms with E-state index in [0.717, 1.165) is 5.56 Å². The molecule has 23 heavy (non-hydrogen) atoms. The molecule has 4 nitrogen and oxygen atoms in total. The van der Waals surface area contributed by atoms with Gasteiger partial charge in [0, 0.05) is 0 Å². The zero-order chi connectivity index (χ0) is 16.8. The molecule has 0 atom stereocenters. The van der Waals surface area contributed by atoms with E-state index in [1.54, 1.807) is 26.2 Å². The number of benzene rings is 2. The topological polar surface area (TPSA) is 44.8 Å². The van der Waals surface area contributed by atoms with Crippen molar-refractivity contribution >= 4 is 11.9 Å². The van der Waals surface area contributed by atoms with Crippen molar-refractivity contribution in [3.8, 4) is 17.2 Å². The molecule has 0 N–H and O–H groups in total. The van der Waals surface area contributed by atoms with E-state index in [1.807, 2.05) is 36.4 Å². The Morgan fingerprint density at radius 2 is 1.52 bits per heavy atom. The molecule has 0 bridgehead atoms. The van der Waals surface area contributed by atoms with E-state index in [4.69, 9.17) is 14.2 Å². The van der Waals surface area contributed by atoms with Crippen molar-refractivity contribution in [3.63, 3.8) is 0 Å². The lowest BCUT2D eigenvalue weighted by molar-refractivity contribution is 0.103. The highest BCUT2D eigenvalue weighted by Gasteiger charge is 2.21. The molecular weight excluding hydrogens is 292 g/mol. The van der Waals surface area contributed by atoms with Gasteiger partial charge in [-0.05, 0) is 36.3 Å². The van der Waals surface area contributed by atoms with E-state index in [-0.39, 0.29) is 5.78 Å². The number of Topliss-reactive ketones (excluding diaryl/α,β-unsaturated/α-hetero) is 1. The van der Waals surface area contributed by atoms with Crippen molar-refractivity contribution in [1.29, 1.82) is 0 Å². The average Bonchev–Trinajstić information content (AvgIpc) is 2.60. The SMILES string of the molecule is COc1ccc(C(=O)/C(C)=C/c2ccccc2)c(OC)c1OC. The van der Waals surface area contributed by atoms with Crippen LogP contribution in [-0.4, -0.2) is 27.1 Å². The third-order valence-electron chi connectivity index (χ3n) is 3.49. The number of ketones is 1. The van der Waals surface area contributed by atoms with Crippen molar-refractivity contribution in [2.24, 2.45) is 0 Å². The Morgan fingerprint density at radius 3 is 2.09 bits per heavy atom. The number of carbonyl (C=O) groups is 1. The van der Waals surface area contributed by atoms with Crippen LogP contribution in [0.5, 0.6) is 17.2 Å². The number of hydrogen-bond donors (Lipinski definition) is 0. The predicted molar refractivity (Wildman–Crippen MR) is 90.5 cm³/mol. The maximum atomic E-state index is 12.8. The lowest BCUT2D eigenvalue weighted by atomic mass is 10.0. The molecule has 120 valence electrons. The number of methoxy groups -OCH3 is 3. The van der Waals surface area contributed by atoms with Gasteiger partial charge >= 0.3 is 0 Å². The molecule has 0 aliphatic rings. The number of rotatable bonds is 6. The molecular formula is C19H20O4. The smallest absolute Gasteiger partial charge is 0.204 e. The van der Waals surface area contributed by atoms with E-state index < -0.39 is 0 Å². The summed E-state index contributed by atoms with van der Waals surface area (Å²) in [5.41, 5.74) is 2.02. The van der Waals surface area contributed by atoms with Crippen LogP contribution in [0.3, 0.4) is 0 Å². The molecule has 0 aliphatic carbocycles. The first-order valence-corrected chi connectivity index (χ1v) is 7.19. The van der Waals surface area contributed by atoms with Crippen molar-refractivity contribution in [2.45, 2.75) is 6.92 Å². The van der Waals surface area contributed by atoms with E-state index in [1.165, 1.54) is 14.2 Å². The maximum Gasteiger partial charge on any atom is 0.204 e. The molecule has 0 saturated carbocycles. The number of carbonyl (C=O) groups excluding carboxylic acids is 1. The van der Waals surface area contributed by atoms with E-state index in [2.05, 4.69) is 0 Å². The van der Waals surface area contributed by atoms with E-state index >= 15 is 0 Å². The number of allylic oxidation sites excluding steroid dienone is 1. The summed E-state index contributed by atoms with van der Waals surface area (Å²) in [6.07, 6.45) is 1.85. The Kier molecular flexibility index (Phi) is 5.41. The van der Waals surface area contributed by atoms with Crippen molar-refractivity contribution in [2.75, 3.05) is 21.3 Å². The summed E-state index contributed by atoms with van der Waals surface area (Å²) in [5.74, 6) is 1.18. The lowest BCUT2D eigenvalue weighted by Crippen LogP contribution is -2.06. The second-order valence-electron chi connectivity index (χ2n) is 4.95. The average molecular weight is 312 g/mol. The molecule has 2 rings (SSSR count). The lowest BCUT2D eigenvalue weighted by Gasteiger charge is -2.15. The Morgan fingerprint density at radius 1 is 0.870 bits per heavy atom. The van der Waals surface area contributed by atoms with Crippen LogP contribution in [-0.2, 0) is 0 Å². The van der Waals surface area contributed by atoms with Gasteiger partial charge in [-0.3, -0.25) is 4.79 Å². The fourth-order valence-corrected chi connectivity index (χ4v) is 2.36. The summed E-state index contributed by atoms with van der Waals surface area (Å²) in [5, 5.41) is 0. The van der Waals surface area contributed by atoms with Gasteiger partial charge in [0.25, 0.3) is 0 Å². The molecule has 0 aliphatic heterocycles. The van der Waals surface area contributed by atoms with Gasteiger partial charge in [0.1, 0.15) is 0 Å². The first kappa shape index (κ1) is 16.6. The van der Waals surface area contributed by atoms with Crippen LogP contribution >= 0.6 is 0 Å². The van der Waals surface area contributed by atoms with Crippen LogP contribution in [0.15, 0.2) is 48.0 Å². The van der Waals surface area contributed by atoms with Crippen molar-refractivity contribution < 1.29 is 19.0 Å². The molecule has 4 heteroatoms. The Labute approximate surface area is 136 Å². The molecule has 0 spiro atoms. The first-order chi connectivity index (χ1) is 11.1. The van der Waals surface area contributed by atoms with Gasteiger partial charge in [0.2, 0.25) is 5.75 Å². The summed E-state index contributed by atoms with van der Waals surface area (Å²) in [6, 6.07) is 13.1. The highest BCUT2D eigenvalue weighted by Crippen LogP contribution is 2.40. The largest absolute Gasteiger partial charge is 0.493 e.